The smallest absolute Gasteiger partial charge is 0.0637 e. The van der Waals surface area contributed by atoms with Crippen LogP contribution in [-0.2, 0) is 18.9 Å². The van der Waals surface area contributed by atoms with Crippen molar-refractivity contribution in [2.24, 2.45) is 29.1 Å². The molecule has 0 N–H and O–H groups in total. The first kappa shape index (κ1) is 24.8. The van der Waals surface area contributed by atoms with E-state index < -0.39 is 0 Å². The molecular weight excluding hydrogens is 316 g/mol. The van der Waals surface area contributed by atoms with Crippen LogP contribution in [0.3, 0.4) is 0 Å². The first-order valence-corrected chi connectivity index (χ1v) is 9.98. The van der Waals surface area contributed by atoms with Gasteiger partial charge in [-0.3, -0.25) is 0 Å². The lowest BCUT2D eigenvalue weighted by molar-refractivity contribution is -0.116. The van der Waals surface area contributed by atoms with Crippen molar-refractivity contribution in [3.05, 3.63) is 0 Å². The molecule has 152 valence electrons. The van der Waals surface area contributed by atoms with Gasteiger partial charge in [-0.25, -0.2) is 0 Å². The zero-order chi connectivity index (χ0) is 19.3. The molecule has 0 atom stereocenters. The number of rotatable bonds is 16. The number of ether oxygens (including phenoxy) is 4. The van der Waals surface area contributed by atoms with Crippen LogP contribution in [0.4, 0.5) is 0 Å². The third-order valence-corrected chi connectivity index (χ3v) is 3.44. The Bertz CT molecular complexity index is 239. The minimum Gasteiger partial charge on any atom is -0.380 e. The summed E-state index contributed by atoms with van der Waals surface area (Å²) in [5, 5.41) is 0. The molecule has 0 saturated heterocycles. The highest BCUT2D eigenvalue weighted by Gasteiger charge is 2.33. The summed E-state index contributed by atoms with van der Waals surface area (Å²) < 4.78 is 24.0. The monoisotopic (exact) mass is 360 g/mol. The molecule has 0 bridgehead atoms. The number of hydrogen-bond donors (Lipinski definition) is 0. The Morgan fingerprint density at radius 1 is 0.440 bits per heavy atom. The molecule has 0 saturated carbocycles. The fourth-order valence-electron chi connectivity index (χ4n) is 2.29. The summed E-state index contributed by atoms with van der Waals surface area (Å²) in [6.45, 7) is 22.8. The van der Waals surface area contributed by atoms with Crippen molar-refractivity contribution in [3.8, 4) is 0 Å². The molecule has 0 unspecified atom stereocenters. The van der Waals surface area contributed by atoms with E-state index in [2.05, 4.69) is 55.4 Å². The van der Waals surface area contributed by atoms with Gasteiger partial charge in [0.1, 0.15) is 0 Å². The van der Waals surface area contributed by atoms with Gasteiger partial charge in [0.25, 0.3) is 0 Å². The molecule has 0 spiro atoms. The largest absolute Gasteiger partial charge is 0.380 e. The molecule has 0 radical (unpaired) electrons. The highest BCUT2D eigenvalue weighted by Crippen LogP contribution is 2.22. The van der Waals surface area contributed by atoms with E-state index in [1.165, 1.54) is 0 Å². The first-order chi connectivity index (χ1) is 11.7. The second kappa shape index (κ2) is 14.0. The topological polar surface area (TPSA) is 36.9 Å². The van der Waals surface area contributed by atoms with Crippen LogP contribution < -0.4 is 0 Å². The van der Waals surface area contributed by atoms with Crippen molar-refractivity contribution < 1.29 is 18.9 Å². The quantitative estimate of drug-likeness (QED) is 0.401. The predicted molar refractivity (Wildman–Crippen MR) is 105 cm³/mol. The van der Waals surface area contributed by atoms with Gasteiger partial charge in [-0.05, 0) is 23.7 Å². The standard InChI is InChI=1S/C21H44O4/c1-17(2)9-22-13-21(14-23-10-18(3)4,15-24-11-19(5)6)16-25-12-20(7)8/h17-20H,9-16H2,1-8H3. The molecule has 25 heavy (non-hydrogen) atoms. The van der Waals surface area contributed by atoms with E-state index in [1.54, 1.807) is 0 Å². The minimum absolute atomic E-state index is 0.242. The van der Waals surface area contributed by atoms with Gasteiger partial charge in [-0.15, -0.1) is 0 Å². The molecule has 0 aliphatic heterocycles. The SMILES string of the molecule is CC(C)COCC(COCC(C)C)(COCC(C)C)COCC(C)C. The van der Waals surface area contributed by atoms with Crippen molar-refractivity contribution >= 4 is 0 Å². The average Bonchev–Trinajstić information content (AvgIpc) is 2.45. The van der Waals surface area contributed by atoms with Crippen molar-refractivity contribution in [1.29, 1.82) is 0 Å². The van der Waals surface area contributed by atoms with Gasteiger partial charge >= 0.3 is 0 Å². The Morgan fingerprint density at radius 3 is 0.800 bits per heavy atom. The van der Waals surface area contributed by atoms with Crippen LogP contribution in [0.25, 0.3) is 0 Å². The first-order valence-electron chi connectivity index (χ1n) is 9.98. The molecule has 0 rings (SSSR count). The van der Waals surface area contributed by atoms with Gasteiger partial charge in [0.2, 0.25) is 0 Å². The summed E-state index contributed by atoms with van der Waals surface area (Å²) in [4.78, 5) is 0. The second-order valence-electron chi connectivity index (χ2n) is 9.14. The molecule has 0 aromatic carbocycles. The molecule has 4 nitrogen and oxygen atoms in total. The van der Waals surface area contributed by atoms with E-state index in [0.29, 0.717) is 50.1 Å². The van der Waals surface area contributed by atoms with E-state index in [0.717, 1.165) is 26.4 Å². The normalized spacial score (nSPS) is 13.0. The van der Waals surface area contributed by atoms with Crippen LogP contribution in [0.1, 0.15) is 55.4 Å². The van der Waals surface area contributed by atoms with Gasteiger partial charge < -0.3 is 18.9 Å². The lowest BCUT2D eigenvalue weighted by Crippen LogP contribution is -2.43. The Labute approximate surface area is 156 Å². The summed E-state index contributed by atoms with van der Waals surface area (Å²) in [6, 6.07) is 0. The zero-order valence-electron chi connectivity index (χ0n) is 18.1. The molecule has 0 aliphatic carbocycles. The van der Waals surface area contributed by atoms with Crippen LogP contribution in [0.5, 0.6) is 0 Å². The molecule has 0 amide bonds. The van der Waals surface area contributed by atoms with E-state index in [1.807, 2.05) is 0 Å². The molecule has 0 aliphatic rings. The highest BCUT2D eigenvalue weighted by molar-refractivity contribution is 4.80. The maximum Gasteiger partial charge on any atom is 0.0637 e. The van der Waals surface area contributed by atoms with Crippen molar-refractivity contribution in [2.45, 2.75) is 55.4 Å². The van der Waals surface area contributed by atoms with Crippen molar-refractivity contribution in [3.63, 3.8) is 0 Å². The van der Waals surface area contributed by atoms with Gasteiger partial charge in [0.15, 0.2) is 0 Å². The summed E-state index contributed by atoms with van der Waals surface area (Å²) in [5.41, 5.74) is -0.242. The molecule has 0 heterocycles. The summed E-state index contributed by atoms with van der Waals surface area (Å²) in [6.07, 6.45) is 0. The van der Waals surface area contributed by atoms with Gasteiger partial charge in [0.05, 0.1) is 31.8 Å². The van der Waals surface area contributed by atoms with Crippen LogP contribution in [-0.4, -0.2) is 52.9 Å². The van der Waals surface area contributed by atoms with Crippen LogP contribution in [0.15, 0.2) is 0 Å². The lowest BCUT2D eigenvalue weighted by atomic mass is 9.92. The summed E-state index contributed by atoms with van der Waals surface area (Å²) >= 11 is 0. The Kier molecular flexibility index (Phi) is 13.9. The summed E-state index contributed by atoms with van der Waals surface area (Å²) in [7, 11) is 0. The average molecular weight is 361 g/mol. The zero-order valence-corrected chi connectivity index (χ0v) is 18.1. The Hall–Kier alpha value is -0.160. The minimum atomic E-state index is -0.242. The highest BCUT2D eigenvalue weighted by atomic mass is 16.5. The van der Waals surface area contributed by atoms with Gasteiger partial charge in [-0.2, -0.15) is 0 Å². The van der Waals surface area contributed by atoms with E-state index >= 15 is 0 Å². The number of hydrogen-bond acceptors (Lipinski definition) is 4. The van der Waals surface area contributed by atoms with Crippen LogP contribution in [0.2, 0.25) is 0 Å². The maximum absolute atomic E-state index is 5.99. The summed E-state index contributed by atoms with van der Waals surface area (Å²) in [5.74, 6) is 2.06. The van der Waals surface area contributed by atoms with Crippen LogP contribution in [0, 0.1) is 29.1 Å². The van der Waals surface area contributed by atoms with E-state index in [4.69, 9.17) is 18.9 Å². The maximum atomic E-state index is 5.99. The lowest BCUT2D eigenvalue weighted by Gasteiger charge is -2.34. The van der Waals surface area contributed by atoms with E-state index in [-0.39, 0.29) is 5.41 Å². The van der Waals surface area contributed by atoms with Gasteiger partial charge in [0, 0.05) is 26.4 Å². The fourth-order valence-corrected chi connectivity index (χ4v) is 2.29. The van der Waals surface area contributed by atoms with Gasteiger partial charge in [-0.1, -0.05) is 55.4 Å². The van der Waals surface area contributed by atoms with E-state index in [9.17, 15) is 0 Å². The molecule has 0 aromatic heterocycles. The molecule has 4 heteroatoms. The third-order valence-electron chi connectivity index (χ3n) is 3.44. The second-order valence-corrected chi connectivity index (χ2v) is 9.14. The molecular formula is C21H44O4. The molecule has 0 fully saturated rings. The fraction of sp³-hybridized carbons (Fsp3) is 1.00. The van der Waals surface area contributed by atoms with Crippen LogP contribution >= 0.6 is 0 Å². The van der Waals surface area contributed by atoms with Crippen molar-refractivity contribution in [2.75, 3.05) is 52.9 Å². The Balaban J connectivity index is 4.85. The predicted octanol–water partition coefficient (Wildman–Crippen LogP) is 4.66. The Morgan fingerprint density at radius 2 is 0.640 bits per heavy atom. The van der Waals surface area contributed by atoms with Crippen molar-refractivity contribution in [1.82, 2.24) is 0 Å². The molecule has 0 aromatic rings. The third kappa shape index (κ3) is 14.7.